The molecule has 0 saturated heterocycles. The van der Waals surface area contributed by atoms with E-state index in [2.05, 4.69) is 30.2 Å². The molecule has 14 nitrogen and oxygen atoms in total. The van der Waals surface area contributed by atoms with Crippen molar-refractivity contribution in [1.82, 2.24) is 29.5 Å². The Hall–Kier alpha value is -9.55. The van der Waals surface area contributed by atoms with Crippen molar-refractivity contribution in [3.8, 4) is 68.2 Å². The second-order valence-electron chi connectivity index (χ2n) is 15.4. The first-order valence-corrected chi connectivity index (χ1v) is 21.7. The summed E-state index contributed by atoms with van der Waals surface area (Å²) in [5.74, 6) is -2.40. The van der Waals surface area contributed by atoms with E-state index in [1.807, 2.05) is 158 Å². The van der Waals surface area contributed by atoms with Crippen LogP contribution in [0.1, 0.15) is 31.8 Å². The van der Waals surface area contributed by atoms with Crippen LogP contribution in [0.3, 0.4) is 0 Å². The number of hydrogen-bond donors (Lipinski definition) is 4. The fourth-order valence-corrected chi connectivity index (χ4v) is 7.49. The number of aliphatic imine (C=N–C) groups is 2. The number of nitrogens with zero attached hydrogens (tertiary/aromatic N) is 8. The van der Waals surface area contributed by atoms with Crippen LogP contribution in [0.2, 0.25) is 0 Å². The number of carboxylic acids is 2. The largest absolute Gasteiger partial charge is 0.493 e. The van der Waals surface area contributed by atoms with Crippen molar-refractivity contribution in [3.05, 3.63) is 229 Å². The summed E-state index contributed by atoms with van der Waals surface area (Å²) >= 11 is 0. The van der Waals surface area contributed by atoms with E-state index in [1.54, 1.807) is 36.7 Å². The third kappa shape index (κ3) is 10.8. The molecule has 71 heavy (non-hydrogen) atoms. The van der Waals surface area contributed by atoms with E-state index in [4.69, 9.17) is 0 Å². The molecule has 0 radical (unpaired) electrons. The third-order valence-corrected chi connectivity index (χ3v) is 10.9. The molecular weight excluding hydrogens is 933 g/mol. The summed E-state index contributed by atoms with van der Waals surface area (Å²) in [6, 6.07) is 58.2. The minimum atomic E-state index is -1.10. The standard InChI is InChI=1S/2C28H20N4O3.Cr/c2*33-27-23(26(19-9-3-1-4-10-19)31-32(27)21-11-5-2-6-12-21)18-30-25-17-20(14-15-22(25)28(34)35)24-13-7-8-16-29-24;/h2*1-18,33H,(H,34,35);. The molecule has 4 N–H and O–H groups in total. The maximum atomic E-state index is 11.9. The maximum absolute atomic E-state index is 11.9. The van der Waals surface area contributed by atoms with Crippen LogP contribution in [-0.2, 0) is 17.4 Å². The number of para-hydroxylation sites is 2. The molecule has 0 spiro atoms. The van der Waals surface area contributed by atoms with Gasteiger partial charge in [0.05, 0.1) is 56.4 Å². The quantitative estimate of drug-likeness (QED) is 0.0854. The first-order chi connectivity index (χ1) is 34.2. The Labute approximate surface area is 417 Å². The molecular formula is C56H40CrN8O6. The minimum absolute atomic E-state index is 0. The molecule has 15 heteroatoms. The van der Waals surface area contributed by atoms with Gasteiger partial charge in [0, 0.05) is 64.4 Å². The number of carbonyl (C=O) groups is 2. The van der Waals surface area contributed by atoms with Crippen LogP contribution in [0.4, 0.5) is 11.4 Å². The predicted octanol–water partition coefficient (Wildman–Crippen LogP) is 11.5. The van der Waals surface area contributed by atoms with Gasteiger partial charge in [-0.2, -0.15) is 10.2 Å². The van der Waals surface area contributed by atoms with Gasteiger partial charge >= 0.3 is 11.9 Å². The van der Waals surface area contributed by atoms with Crippen LogP contribution in [0, 0.1) is 0 Å². The predicted molar refractivity (Wildman–Crippen MR) is 269 cm³/mol. The van der Waals surface area contributed by atoms with Crippen molar-refractivity contribution in [3.63, 3.8) is 0 Å². The monoisotopic (exact) mass is 972 g/mol. The van der Waals surface area contributed by atoms with Crippen molar-refractivity contribution < 1.29 is 47.4 Å². The zero-order valence-electron chi connectivity index (χ0n) is 37.4. The third-order valence-electron chi connectivity index (χ3n) is 10.9. The van der Waals surface area contributed by atoms with Crippen molar-refractivity contribution in [2.45, 2.75) is 0 Å². The van der Waals surface area contributed by atoms with Gasteiger partial charge in [-0.3, -0.25) is 20.0 Å². The average Bonchev–Trinajstić information content (AvgIpc) is 3.93. The van der Waals surface area contributed by atoms with Gasteiger partial charge in [0.15, 0.2) is 0 Å². The summed E-state index contributed by atoms with van der Waals surface area (Å²) in [6.45, 7) is 0. The maximum Gasteiger partial charge on any atom is 0.337 e. The Bertz CT molecular complexity index is 3270. The van der Waals surface area contributed by atoms with E-state index >= 15 is 0 Å². The fourth-order valence-electron chi connectivity index (χ4n) is 7.49. The zero-order chi connectivity index (χ0) is 48.4. The number of aromatic nitrogens is 6. The Balaban J connectivity index is 0.000000188. The molecule has 0 unspecified atom stereocenters. The Kier molecular flexibility index (Phi) is 14.9. The van der Waals surface area contributed by atoms with Crippen molar-refractivity contribution in [2.75, 3.05) is 0 Å². The van der Waals surface area contributed by atoms with Crippen molar-refractivity contribution >= 4 is 35.7 Å². The number of benzene rings is 6. The smallest absolute Gasteiger partial charge is 0.337 e. The Morgan fingerprint density at radius 2 is 0.789 bits per heavy atom. The van der Waals surface area contributed by atoms with Gasteiger partial charge in [-0.15, -0.1) is 0 Å². The topological polar surface area (TPSA) is 201 Å². The van der Waals surface area contributed by atoms with Gasteiger partial charge in [0.25, 0.3) is 0 Å². The van der Waals surface area contributed by atoms with Crippen molar-refractivity contribution in [1.29, 1.82) is 0 Å². The molecule has 0 aliphatic carbocycles. The van der Waals surface area contributed by atoms with Crippen LogP contribution in [-0.4, -0.2) is 74.3 Å². The first-order valence-electron chi connectivity index (χ1n) is 21.7. The van der Waals surface area contributed by atoms with E-state index in [9.17, 15) is 30.0 Å². The van der Waals surface area contributed by atoms with Crippen molar-refractivity contribution in [2.24, 2.45) is 9.98 Å². The Morgan fingerprint density at radius 3 is 1.13 bits per heavy atom. The molecule has 0 aliphatic rings. The molecule has 0 aliphatic heterocycles. The SMILES string of the molecule is O=C(O)c1ccc(-c2ccccn2)cc1N=Cc1c(-c2ccccc2)nn(-c2ccccc2)c1O.O=C(O)c1ccc(-c2ccccn2)cc1N=Cc1c(-c2ccccc2)nn(-c2ccccc2)c1O.[Cr]. The van der Waals surface area contributed by atoms with E-state index in [1.165, 1.54) is 33.9 Å². The number of hydrogen-bond acceptors (Lipinski definition) is 10. The van der Waals surface area contributed by atoms with Gasteiger partial charge < -0.3 is 20.4 Å². The van der Waals surface area contributed by atoms with Crippen LogP contribution in [0.5, 0.6) is 11.8 Å². The second-order valence-corrected chi connectivity index (χ2v) is 15.4. The van der Waals surface area contributed by atoms with Gasteiger partial charge in [0.2, 0.25) is 11.8 Å². The molecule has 6 aromatic carbocycles. The molecule has 0 amide bonds. The Morgan fingerprint density at radius 1 is 0.437 bits per heavy atom. The minimum Gasteiger partial charge on any atom is -0.493 e. The normalized spacial score (nSPS) is 10.9. The van der Waals surface area contributed by atoms with Crippen LogP contribution >= 0.6 is 0 Å². The van der Waals surface area contributed by atoms with E-state index in [0.717, 1.165) is 22.3 Å². The molecule has 10 aromatic rings. The molecule has 4 aromatic heterocycles. The molecule has 0 fully saturated rings. The van der Waals surface area contributed by atoms with Gasteiger partial charge in [-0.25, -0.2) is 19.0 Å². The number of pyridine rings is 2. The van der Waals surface area contributed by atoms with Gasteiger partial charge in [-0.1, -0.05) is 121 Å². The van der Waals surface area contributed by atoms with E-state index < -0.39 is 11.9 Å². The molecule has 10 rings (SSSR count). The fraction of sp³-hybridized carbons (Fsp3) is 0. The van der Waals surface area contributed by atoms with Gasteiger partial charge in [0.1, 0.15) is 11.4 Å². The number of aromatic carboxylic acids is 2. The molecule has 4 heterocycles. The summed E-state index contributed by atoms with van der Waals surface area (Å²) in [5, 5.41) is 50.9. The summed E-state index contributed by atoms with van der Waals surface area (Å²) in [6.07, 6.45) is 6.25. The summed E-state index contributed by atoms with van der Waals surface area (Å²) in [4.78, 5) is 41.4. The van der Waals surface area contributed by atoms with E-state index in [-0.39, 0.29) is 51.6 Å². The number of rotatable bonds is 12. The number of aromatic hydroxyl groups is 2. The van der Waals surface area contributed by atoms with Crippen LogP contribution in [0.25, 0.3) is 56.4 Å². The second kappa shape index (κ2) is 22.0. The summed E-state index contributed by atoms with van der Waals surface area (Å²) in [7, 11) is 0. The summed E-state index contributed by atoms with van der Waals surface area (Å²) < 4.78 is 2.87. The van der Waals surface area contributed by atoms with Crippen LogP contribution in [0.15, 0.2) is 217 Å². The van der Waals surface area contributed by atoms with Crippen LogP contribution < -0.4 is 0 Å². The molecule has 0 atom stereocenters. The average molecular weight is 973 g/mol. The molecule has 0 saturated carbocycles. The van der Waals surface area contributed by atoms with Gasteiger partial charge in [-0.05, 0) is 72.8 Å². The van der Waals surface area contributed by atoms with E-state index in [0.29, 0.717) is 45.3 Å². The number of carboxylic acid groups (broad SMARTS) is 2. The first kappa shape index (κ1) is 47.9. The molecule has 0 bridgehead atoms. The zero-order valence-corrected chi connectivity index (χ0v) is 38.7. The summed E-state index contributed by atoms with van der Waals surface area (Å²) in [5.41, 5.74) is 8.17. The molecule has 346 valence electrons.